The van der Waals surface area contributed by atoms with Gasteiger partial charge in [0, 0.05) is 44.5 Å². The largest absolute Gasteiger partial charge is 0.494 e. The predicted molar refractivity (Wildman–Crippen MR) is 258 cm³/mol. The molecule has 0 aliphatic carbocycles. The molecule has 0 spiro atoms. The van der Waals surface area contributed by atoms with Crippen molar-refractivity contribution >= 4 is 91.1 Å². The van der Waals surface area contributed by atoms with Crippen LogP contribution in [-0.2, 0) is 45.8 Å². The lowest BCUT2D eigenvalue weighted by Crippen LogP contribution is -2.44. The molecule has 0 bridgehead atoms. The van der Waals surface area contributed by atoms with Crippen LogP contribution in [0, 0.1) is 0 Å². The van der Waals surface area contributed by atoms with E-state index in [9.17, 15) is 4.57 Å². The monoisotopic (exact) mass is 1040 g/mol. The fourth-order valence-corrected chi connectivity index (χ4v) is 6.60. The first-order chi connectivity index (χ1) is 28.3. The van der Waals surface area contributed by atoms with Crippen molar-refractivity contribution in [2.75, 3.05) is 35.5 Å². The fourth-order valence-electron chi connectivity index (χ4n) is 4.54. The van der Waals surface area contributed by atoms with Gasteiger partial charge in [-0.2, -0.15) is 0 Å². The molecule has 0 unspecified atom stereocenters. The minimum absolute atomic E-state index is 0.266. The summed E-state index contributed by atoms with van der Waals surface area (Å²) in [4.78, 5) is 0. The molecule has 62 heavy (non-hydrogen) atoms. The van der Waals surface area contributed by atoms with Crippen molar-refractivity contribution in [3.63, 3.8) is 0 Å². The van der Waals surface area contributed by atoms with E-state index in [4.69, 9.17) is 47.9 Å². The van der Waals surface area contributed by atoms with E-state index < -0.39 is 41.6 Å². The first-order valence-corrected chi connectivity index (χ1v) is 23.8. The maximum Gasteiger partial charge on any atom is 0.494 e. The molecule has 21 heteroatoms. The summed E-state index contributed by atoms with van der Waals surface area (Å²) >= 11 is 6.65. The first kappa shape index (κ1) is 59.0. The molecule has 3 aromatic rings. The van der Waals surface area contributed by atoms with Crippen LogP contribution in [0.2, 0.25) is 0 Å². The third-order valence-corrected chi connectivity index (χ3v) is 14.6. The van der Waals surface area contributed by atoms with Crippen LogP contribution >= 0.6 is 48.1 Å². The summed E-state index contributed by atoms with van der Waals surface area (Å²) < 4.78 is 62.1. The Balaban J connectivity index is 0.000000415. The Morgan fingerprint density at radius 1 is 0.565 bits per heavy atom. The first-order valence-electron chi connectivity index (χ1n) is 19.5. The summed E-state index contributed by atoms with van der Waals surface area (Å²) in [6.45, 7) is 22.6. The maximum atomic E-state index is 12.3. The summed E-state index contributed by atoms with van der Waals surface area (Å²) in [7, 11) is 1.01. The Kier molecular flexibility index (Phi) is 23.4. The fraction of sp³-hybridized carbons (Fsp3) is 0.561. The molecule has 3 aromatic carbocycles. The van der Waals surface area contributed by atoms with Gasteiger partial charge in [0.1, 0.15) is 0 Å². The standard InChI is InChI=1S/C14H22BO5P.C12H16BBrO2.C6H6BBrO2.C6H14O2.C3H9O3P/c1-13(2)14(3,4)20-15(19-13)11-7-9-12(10-8-11)21(16,17-5)18-6;1-11(2)12(3,4)16-13(15-11)9-5-7-10(14)8-6-9;8-6-3-1-5(2-4-6)7(9)10;1-5(2,7)6(3,4)8;1-4-7(5-2)6-3/h7-10H,1-6H3;5-8H,1-4H3;1-4,9-10H;7-8H,1-4H3;1-3H3. The summed E-state index contributed by atoms with van der Waals surface area (Å²) in [5.74, 6) is 0. The molecule has 2 heterocycles. The van der Waals surface area contributed by atoms with Crippen LogP contribution < -0.4 is 21.7 Å². The number of hydrogen-bond donors (Lipinski definition) is 4. The van der Waals surface area contributed by atoms with Gasteiger partial charge in [0.2, 0.25) is 0 Å². The zero-order valence-electron chi connectivity index (χ0n) is 39.2. The van der Waals surface area contributed by atoms with Gasteiger partial charge in [-0.1, -0.05) is 68.3 Å². The van der Waals surface area contributed by atoms with E-state index in [2.05, 4.69) is 73.1 Å². The molecular weight excluding hydrogens is 971 g/mol. The average Bonchev–Trinajstić information content (AvgIpc) is 3.55. The molecule has 0 atom stereocenters. The second kappa shape index (κ2) is 24.6. The lowest BCUT2D eigenvalue weighted by molar-refractivity contribution is -0.107. The lowest BCUT2D eigenvalue weighted by atomic mass is 9.79. The van der Waals surface area contributed by atoms with E-state index in [-0.39, 0.29) is 29.5 Å². The Labute approximate surface area is 389 Å². The second-order valence-corrected chi connectivity index (χ2v) is 22.6. The number of benzene rings is 3. The van der Waals surface area contributed by atoms with E-state index in [0.29, 0.717) is 10.8 Å². The predicted octanol–water partition coefficient (Wildman–Crippen LogP) is 6.65. The Morgan fingerprint density at radius 3 is 1.06 bits per heavy atom. The van der Waals surface area contributed by atoms with Gasteiger partial charge in [-0.15, -0.1) is 0 Å². The summed E-state index contributed by atoms with van der Waals surface area (Å²) in [5.41, 5.74) is -0.897. The Morgan fingerprint density at radius 2 is 0.839 bits per heavy atom. The smallest absolute Gasteiger partial charge is 0.423 e. The van der Waals surface area contributed by atoms with Crippen LogP contribution in [0.3, 0.4) is 0 Å². The average molecular weight is 1040 g/mol. The molecule has 0 radical (unpaired) electrons. The van der Waals surface area contributed by atoms with Gasteiger partial charge in [-0.25, -0.2) is 0 Å². The van der Waals surface area contributed by atoms with Crippen LogP contribution in [0.4, 0.5) is 0 Å². The van der Waals surface area contributed by atoms with Gasteiger partial charge in [-0.05, 0) is 136 Å². The molecule has 4 N–H and O–H groups in total. The van der Waals surface area contributed by atoms with Crippen LogP contribution in [0.5, 0.6) is 0 Å². The molecule has 2 fully saturated rings. The SMILES string of the molecule is CC(C)(O)C(C)(C)O.CC1(C)OB(c2ccc(Br)cc2)OC1(C)C.COP(=O)(OC)c1ccc(B2OC(C)(C)C(C)(C)O2)cc1.COP(OC)OC.OB(O)c1ccc(Br)cc1. The molecule has 0 amide bonds. The van der Waals surface area contributed by atoms with Crippen molar-refractivity contribution in [1.29, 1.82) is 0 Å². The van der Waals surface area contributed by atoms with Gasteiger partial charge in [0.15, 0.2) is 0 Å². The number of hydrogen-bond acceptors (Lipinski definition) is 14. The molecule has 2 aliphatic heterocycles. The van der Waals surface area contributed by atoms with Crippen molar-refractivity contribution in [3.05, 3.63) is 81.7 Å². The summed E-state index contributed by atoms with van der Waals surface area (Å²) in [6, 6.07) is 21.9. The van der Waals surface area contributed by atoms with Crippen LogP contribution in [-0.4, -0.2) is 111 Å². The number of rotatable bonds is 10. The molecule has 14 nitrogen and oxygen atoms in total. The topological polar surface area (TPSA) is 181 Å². The second-order valence-electron chi connectivity index (χ2n) is 17.0. The molecule has 348 valence electrons. The highest BCUT2D eigenvalue weighted by molar-refractivity contribution is 9.10. The van der Waals surface area contributed by atoms with Gasteiger partial charge >= 0.3 is 37.6 Å². The van der Waals surface area contributed by atoms with Crippen molar-refractivity contribution in [2.24, 2.45) is 0 Å². The van der Waals surface area contributed by atoms with Crippen molar-refractivity contribution < 1.29 is 66.1 Å². The van der Waals surface area contributed by atoms with Gasteiger partial charge < -0.3 is 61.5 Å². The number of halogens is 2. The highest BCUT2D eigenvalue weighted by Gasteiger charge is 2.52. The molecule has 5 rings (SSSR count). The van der Waals surface area contributed by atoms with Gasteiger partial charge in [0.05, 0.1) is 38.9 Å². The highest BCUT2D eigenvalue weighted by Crippen LogP contribution is 2.45. The minimum atomic E-state index is -3.22. The summed E-state index contributed by atoms with van der Waals surface area (Å²) in [5, 5.41) is 36.0. The van der Waals surface area contributed by atoms with E-state index in [1.165, 1.54) is 14.2 Å². The van der Waals surface area contributed by atoms with E-state index in [1.54, 1.807) is 85.4 Å². The molecule has 0 saturated carbocycles. The van der Waals surface area contributed by atoms with E-state index >= 15 is 0 Å². The molecule has 2 aliphatic rings. The quantitative estimate of drug-likeness (QED) is 0.125. The Bertz CT molecular complexity index is 1750. The zero-order chi connectivity index (χ0) is 48.1. The van der Waals surface area contributed by atoms with Crippen LogP contribution in [0.15, 0.2) is 81.7 Å². The van der Waals surface area contributed by atoms with Crippen LogP contribution in [0.1, 0.15) is 83.1 Å². The third-order valence-electron chi connectivity index (χ3n) is 10.7. The van der Waals surface area contributed by atoms with Gasteiger partial charge in [0.25, 0.3) is 0 Å². The minimum Gasteiger partial charge on any atom is -0.423 e. The van der Waals surface area contributed by atoms with E-state index in [0.717, 1.165) is 19.9 Å². The summed E-state index contributed by atoms with van der Waals surface area (Å²) in [6.07, 6.45) is 0. The molecule has 0 aromatic heterocycles. The molecule has 2 saturated heterocycles. The van der Waals surface area contributed by atoms with Crippen molar-refractivity contribution in [1.82, 2.24) is 0 Å². The number of aliphatic hydroxyl groups is 2. The van der Waals surface area contributed by atoms with Gasteiger partial charge in [-0.3, -0.25) is 4.57 Å². The Hall–Kier alpha value is -1.05. The van der Waals surface area contributed by atoms with Crippen molar-refractivity contribution in [3.8, 4) is 0 Å². The lowest BCUT2D eigenvalue weighted by Gasteiger charge is -2.32. The maximum absolute atomic E-state index is 12.3. The van der Waals surface area contributed by atoms with E-state index in [1.807, 2.05) is 64.1 Å². The zero-order valence-corrected chi connectivity index (χ0v) is 44.1. The van der Waals surface area contributed by atoms with Crippen LogP contribution in [0.25, 0.3) is 0 Å². The molecular formula is C41H67B3Br2O14P2. The normalized spacial score (nSPS) is 17.4. The highest BCUT2D eigenvalue weighted by atomic mass is 79.9. The third kappa shape index (κ3) is 17.6. The van der Waals surface area contributed by atoms with Crippen molar-refractivity contribution in [2.45, 2.75) is 117 Å².